The molecule has 0 radical (unpaired) electrons. The van der Waals surface area contributed by atoms with Crippen LogP contribution in [0.4, 0.5) is 5.95 Å². The number of para-hydroxylation sites is 1. The van der Waals surface area contributed by atoms with E-state index in [9.17, 15) is 10.1 Å². The summed E-state index contributed by atoms with van der Waals surface area (Å²) in [6.45, 7) is 4.23. The van der Waals surface area contributed by atoms with E-state index in [4.69, 9.17) is 4.74 Å². The number of likely N-dealkylation sites (tertiary alicyclic amines) is 1. The number of rotatable bonds is 10. The number of nitriles is 1. The zero-order chi connectivity index (χ0) is 24.3. The first-order valence-electron chi connectivity index (χ1n) is 12.1. The van der Waals surface area contributed by atoms with Crippen LogP contribution in [-0.2, 0) is 0 Å². The lowest BCUT2D eigenvalue weighted by molar-refractivity contribution is 0.216. The van der Waals surface area contributed by atoms with Crippen LogP contribution in [-0.4, -0.2) is 47.3 Å². The van der Waals surface area contributed by atoms with Crippen molar-refractivity contribution in [2.45, 2.75) is 32.1 Å². The van der Waals surface area contributed by atoms with E-state index in [1.54, 1.807) is 18.3 Å². The van der Waals surface area contributed by atoms with Crippen LogP contribution in [0.5, 0.6) is 5.75 Å². The fourth-order valence-electron chi connectivity index (χ4n) is 4.12. The van der Waals surface area contributed by atoms with Crippen molar-refractivity contribution in [3.8, 4) is 23.1 Å². The van der Waals surface area contributed by atoms with E-state index in [1.165, 1.54) is 32.4 Å². The normalized spacial score (nSPS) is 14.0. The van der Waals surface area contributed by atoms with E-state index in [-0.39, 0.29) is 11.5 Å². The number of aromatic nitrogens is 2. The second kappa shape index (κ2) is 12.5. The third kappa shape index (κ3) is 6.78. The maximum Gasteiger partial charge on any atom is 0.270 e. The Hall–Kier alpha value is -3.96. The summed E-state index contributed by atoms with van der Waals surface area (Å²) >= 11 is 0. The lowest BCUT2D eigenvalue weighted by Gasteiger charge is -2.26. The van der Waals surface area contributed by atoms with Crippen molar-refractivity contribution in [1.29, 1.82) is 5.26 Å². The van der Waals surface area contributed by atoms with Gasteiger partial charge in [0.2, 0.25) is 5.95 Å². The van der Waals surface area contributed by atoms with Gasteiger partial charge in [-0.25, -0.2) is 10.4 Å². The van der Waals surface area contributed by atoms with Crippen LogP contribution in [0.3, 0.4) is 0 Å². The Morgan fingerprint density at radius 2 is 1.86 bits per heavy atom. The fourth-order valence-corrected chi connectivity index (χ4v) is 4.12. The number of nitrogens with zero attached hydrogens (tertiary/aromatic N) is 4. The molecule has 8 nitrogen and oxygen atoms in total. The summed E-state index contributed by atoms with van der Waals surface area (Å²) in [6.07, 6.45) is 7.74. The fraction of sp³-hybridized carbons (Fsp3) is 0.333. The molecule has 0 unspecified atom stereocenters. The number of piperidine rings is 1. The number of hydrazone groups is 1. The van der Waals surface area contributed by atoms with Crippen LogP contribution in [0.2, 0.25) is 0 Å². The van der Waals surface area contributed by atoms with Gasteiger partial charge in [0.25, 0.3) is 5.56 Å². The van der Waals surface area contributed by atoms with Crippen LogP contribution in [0.25, 0.3) is 11.3 Å². The van der Waals surface area contributed by atoms with E-state index in [1.807, 2.05) is 48.5 Å². The molecular weight excluding hydrogens is 440 g/mol. The smallest absolute Gasteiger partial charge is 0.270 e. The number of hydrogen-bond donors (Lipinski definition) is 2. The van der Waals surface area contributed by atoms with E-state index in [2.05, 4.69) is 25.4 Å². The van der Waals surface area contributed by atoms with Crippen LogP contribution in [0.15, 0.2) is 64.5 Å². The third-order valence-electron chi connectivity index (χ3n) is 5.95. The number of aromatic amines is 1. The van der Waals surface area contributed by atoms with Crippen LogP contribution >= 0.6 is 0 Å². The van der Waals surface area contributed by atoms with E-state index in [0.29, 0.717) is 17.9 Å². The zero-order valence-electron chi connectivity index (χ0n) is 19.7. The van der Waals surface area contributed by atoms with Gasteiger partial charge < -0.3 is 9.64 Å². The number of H-pyrrole nitrogens is 1. The Labute approximate surface area is 205 Å². The van der Waals surface area contributed by atoms with Gasteiger partial charge >= 0.3 is 0 Å². The minimum Gasteiger partial charge on any atom is -0.493 e. The first-order chi connectivity index (χ1) is 17.2. The summed E-state index contributed by atoms with van der Waals surface area (Å²) in [4.78, 5) is 21.9. The standard InChI is InChI=1S/C27H30N6O2/c28-19-23-25(21-11-3-1-4-12-21)30-27(31-26(23)34)32-29-20-22-13-5-6-14-24(22)35-18-10-9-17-33-15-7-2-8-16-33/h1,3-6,11-14,20H,2,7-10,15-18H2,(H2,30,31,32,34). The molecule has 0 bridgehead atoms. The molecule has 0 atom stereocenters. The molecule has 0 spiro atoms. The van der Waals surface area contributed by atoms with Crippen molar-refractivity contribution >= 4 is 12.2 Å². The third-order valence-corrected chi connectivity index (χ3v) is 5.95. The molecule has 0 saturated carbocycles. The first kappa shape index (κ1) is 24.2. The van der Waals surface area contributed by atoms with Crippen LogP contribution in [0, 0.1) is 11.3 Å². The summed E-state index contributed by atoms with van der Waals surface area (Å²) in [5, 5.41) is 13.6. The Kier molecular flexibility index (Phi) is 8.63. The van der Waals surface area contributed by atoms with E-state index >= 15 is 0 Å². The summed E-state index contributed by atoms with van der Waals surface area (Å²) in [6, 6.07) is 18.7. The van der Waals surface area contributed by atoms with Crippen LogP contribution in [0.1, 0.15) is 43.2 Å². The average Bonchev–Trinajstić information content (AvgIpc) is 2.90. The second-order valence-electron chi connectivity index (χ2n) is 8.48. The Morgan fingerprint density at radius 3 is 2.66 bits per heavy atom. The molecule has 0 aliphatic carbocycles. The minimum atomic E-state index is -0.521. The molecule has 1 aromatic heterocycles. The summed E-state index contributed by atoms with van der Waals surface area (Å²) < 4.78 is 6.01. The van der Waals surface area contributed by atoms with E-state index in [0.717, 1.165) is 30.7 Å². The molecule has 2 N–H and O–H groups in total. The number of anilines is 1. The van der Waals surface area contributed by atoms with Gasteiger partial charge in [0.05, 0.1) is 18.5 Å². The Bertz CT molecular complexity index is 1230. The van der Waals surface area contributed by atoms with Gasteiger partial charge in [-0.05, 0) is 57.5 Å². The van der Waals surface area contributed by atoms with Gasteiger partial charge in [-0.1, -0.05) is 48.9 Å². The monoisotopic (exact) mass is 470 g/mol. The lowest BCUT2D eigenvalue weighted by Crippen LogP contribution is -2.30. The second-order valence-corrected chi connectivity index (χ2v) is 8.48. The molecule has 4 rings (SSSR count). The topological polar surface area (TPSA) is 106 Å². The predicted octanol–water partition coefficient (Wildman–Crippen LogP) is 4.40. The van der Waals surface area contributed by atoms with Gasteiger partial charge in [-0.2, -0.15) is 10.4 Å². The van der Waals surface area contributed by atoms with Gasteiger partial charge in [0.15, 0.2) is 0 Å². The quantitative estimate of drug-likeness (QED) is 0.258. The van der Waals surface area contributed by atoms with Gasteiger partial charge in [0.1, 0.15) is 17.4 Å². The number of unbranched alkanes of at least 4 members (excludes halogenated alkanes) is 1. The zero-order valence-corrected chi connectivity index (χ0v) is 19.7. The van der Waals surface area contributed by atoms with Gasteiger partial charge in [0, 0.05) is 11.1 Å². The lowest BCUT2D eigenvalue weighted by atomic mass is 10.1. The summed E-state index contributed by atoms with van der Waals surface area (Å²) in [5.41, 5.74) is 4.01. The maximum absolute atomic E-state index is 12.4. The molecule has 0 amide bonds. The molecule has 1 aliphatic rings. The van der Waals surface area contributed by atoms with Crippen molar-refractivity contribution in [3.63, 3.8) is 0 Å². The number of nitrogens with one attached hydrogen (secondary N) is 2. The summed E-state index contributed by atoms with van der Waals surface area (Å²) in [7, 11) is 0. The Morgan fingerprint density at radius 1 is 1.09 bits per heavy atom. The van der Waals surface area contributed by atoms with Crippen molar-refractivity contribution in [1.82, 2.24) is 14.9 Å². The molecule has 3 aromatic rings. The first-order valence-corrected chi connectivity index (χ1v) is 12.1. The van der Waals surface area contributed by atoms with Gasteiger partial charge in [-0.15, -0.1) is 0 Å². The highest BCUT2D eigenvalue weighted by Gasteiger charge is 2.13. The number of ether oxygens (including phenoxy) is 1. The highest BCUT2D eigenvalue weighted by atomic mass is 16.5. The van der Waals surface area contributed by atoms with Crippen molar-refractivity contribution in [3.05, 3.63) is 76.1 Å². The molecule has 1 fully saturated rings. The number of benzene rings is 2. The molecule has 2 heterocycles. The molecule has 2 aromatic carbocycles. The van der Waals surface area contributed by atoms with Crippen molar-refractivity contribution in [2.75, 3.05) is 31.7 Å². The van der Waals surface area contributed by atoms with Crippen molar-refractivity contribution < 1.29 is 4.74 Å². The highest BCUT2D eigenvalue weighted by molar-refractivity contribution is 5.83. The molecule has 35 heavy (non-hydrogen) atoms. The minimum absolute atomic E-state index is 0.0373. The largest absolute Gasteiger partial charge is 0.493 e. The molecule has 8 heteroatoms. The SMILES string of the molecule is N#Cc1c(-c2ccccc2)nc(NN=Cc2ccccc2OCCCCN2CCCCC2)[nH]c1=O. The molecule has 1 aliphatic heterocycles. The predicted molar refractivity (Wildman–Crippen MR) is 138 cm³/mol. The highest BCUT2D eigenvalue weighted by Crippen LogP contribution is 2.20. The molecular formula is C27H30N6O2. The number of hydrogen-bond acceptors (Lipinski definition) is 7. The summed E-state index contributed by atoms with van der Waals surface area (Å²) in [5.74, 6) is 0.905. The average molecular weight is 471 g/mol. The molecule has 1 saturated heterocycles. The van der Waals surface area contributed by atoms with Crippen molar-refractivity contribution in [2.24, 2.45) is 5.10 Å². The maximum atomic E-state index is 12.4. The molecule has 180 valence electrons. The van der Waals surface area contributed by atoms with E-state index < -0.39 is 5.56 Å². The van der Waals surface area contributed by atoms with Gasteiger partial charge in [-0.3, -0.25) is 9.78 Å². The Balaban J connectivity index is 1.36. The van der Waals surface area contributed by atoms with Crippen LogP contribution < -0.4 is 15.7 Å².